The van der Waals surface area contributed by atoms with E-state index in [-0.39, 0.29) is 30.7 Å². The van der Waals surface area contributed by atoms with Crippen molar-refractivity contribution in [3.8, 4) is 0 Å². The van der Waals surface area contributed by atoms with Crippen molar-refractivity contribution in [1.82, 2.24) is 5.32 Å². The summed E-state index contributed by atoms with van der Waals surface area (Å²) in [5.41, 5.74) is 1.76. The summed E-state index contributed by atoms with van der Waals surface area (Å²) in [7, 11) is 0. The number of ether oxygens (including phenoxy) is 1. The molecule has 0 saturated carbocycles. The molecule has 0 fully saturated rings. The lowest BCUT2D eigenvalue weighted by Crippen LogP contribution is -2.36. The SMILES string of the molecule is CC(C)OCc1cccc(NC(=O)N[C@@H]2C=C[C@H](CO)C2)c1. The van der Waals surface area contributed by atoms with Gasteiger partial charge in [0.15, 0.2) is 0 Å². The molecule has 5 nitrogen and oxygen atoms in total. The molecule has 2 atom stereocenters. The molecule has 0 unspecified atom stereocenters. The largest absolute Gasteiger partial charge is 0.396 e. The molecule has 2 amide bonds. The Labute approximate surface area is 131 Å². The van der Waals surface area contributed by atoms with Gasteiger partial charge < -0.3 is 20.5 Å². The number of carbonyl (C=O) groups is 1. The molecule has 0 bridgehead atoms. The summed E-state index contributed by atoms with van der Waals surface area (Å²) in [5, 5.41) is 14.8. The van der Waals surface area contributed by atoms with Gasteiger partial charge in [0.1, 0.15) is 0 Å². The Morgan fingerprint density at radius 1 is 1.41 bits per heavy atom. The highest BCUT2D eigenvalue weighted by atomic mass is 16.5. The van der Waals surface area contributed by atoms with E-state index in [1.54, 1.807) is 0 Å². The van der Waals surface area contributed by atoms with Crippen molar-refractivity contribution in [3.05, 3.63) is 42.0 Å². The normalized spacial score (nSPS) is 20.4. The maximum atomic E-state index is 12.0. The molecule has 0 aromatic heterocycles. The number of amides is 2. The number of hydrogen-bond acceptors (Lipinski definition) is 3. The smallest absolute Gasteiger partial charge is 0.319 e. The monoisotopic (exact) mass is 304 g/mol. The Morgan fingerprint density at radius 2 is 2.23 bits per heavy atom. The number of benzene rings is 1. The minimum atomic E-state index is -0.241. The van der Waals surface area contributed by atoms with E-state index in [1.165, 1.54) is 0 Å². The third-order valence-corrected chi connectivity index (χ3v) is 3.49. The number of aliphatic hydroxyl groups excluding tert-OH is 1. The summed E-state index contributed by atoms with van der Waals surface area (Å²) in [6.07, 6.45) is 4.78. The second kappa shape index (κ2) is 7.96. The fraction of sp³-hybridized carbons (Fsp3) is 0.471. The van der Waals surface area contributed by atoms with Gasteiger partial charge >= 0.3 is 6.03 Å². The molecule has 0 spiro atoms. The Bertz CT molecular complexity index is 528. The average Bonchev–Trinajstić information content (AvgIpc) is 2.93. The van der Waals surface area contributed by atoms with E-state index in [0.29, 0.717) is 6.61 Å². The quantitative estimate of drug-likeness (QED) is 0.708. The first-order valence-corrected chi connectivity index (χ1v) is 7.64. The van der Waals surface area contributed by atoms with E-state index >= 15 is 0 Å². The zero-order valence-electron chi connectivity index (χ0n) is 13.1. The van der Waals surface area contributed by atoms with Crippen molar-refractivity contribution >= 4 is 11.7 Å². The van der Waals surface area contributed by atoms with Gasteiger partial charge in [0, 0.05) is 24.3 Å². The molecule has 2 rings (SSSR count). The van der Waals surface area contributed by atoms with Gasteiger partial charge in [0.25, 0.3) is 0 Å². The van der Waals surface area contributed by atoms with Crippen LogP contribution in [-0.2, 0) is 11.3 Å². The number of urea groups is 1. The van der Waals surface area contributed by atoms with Crippen LogP contribution in [0.2, 0.25) is 0 Å². The fourth-order valence-electron chi connectivity index (χ4n) is 2.35. The van der Waals surface area contributed by atoms with Crippen LogP contribution in [-0.4, -0.2) is 29.9 Å². The Kier molecular flexibility index (Phi) is 5.98. The Hall–Kier alpha value is -1.85. The first-order chi connectivity index (χ1) is 10.6. The predicted octanol–water partition coefficient (Wildman–Crippen LogP) is 2.67. The van der Waals surface area contributed by atoms with Crippen molar-refractivity contribution in [2.75, 3.05) is 11.9 Å². The van der Waals surface area contributed by atoms with Gasteiger partial charge in [-0.15, -0.1) is 0 Å². The molecular formula is C17H24N2O3. The zero-order valence-corrected chi connectivity index (χ0v) is 13.1. The predicted molar refractivity (Wildman–Crippen MR) is 86.6 cm³/mol. The highest BCUT2D eigenvalue weighted by Gasteiger charge is 2.19. The van der Waals surface area contributed by atoms with Crippen LogP contribution in [0.25, 0.3) is 0 Å². The van der Waals surface area contributed by atoms with Crippen molar-refractivity contribution < 1.29 is 14.6 Å². The summed E-state index contributed by atoms with van der Waals surface area (Å²) in [6.45, 7) is 4.63. The van der Waals surface area contributed by atoms with Crippen LogP contribution >= 0.6 is 0 Å². The minimum Gasteiger partial charge on any atom is -0.396 e. The van der Waals surface area contributed by atoms with Crippen LogP contribution in [0.4, 0.5) is 10.5 Å². The molecule has 0 aliphatic heterocycles. The van der Waals surface area contributed by atoms with Gasteiger partial charge in [-0.25, -0.2) is 4.79 Å². The summed E-state index contributed by atoms with van der Waals surface area (Å²) in [5.74, 6) is 0.141. The number of aliphatic hydroxyl groups is 1. The summed E-state index contributed by atoms with van der Waals surface area (Å²) < 4.78 is 5.56. The summed E-state index contributed by atoms with van der Waals surface area (Å²) in [6, 6.07) is 7.35. The standard InChI is InChI=1S/C17H24N2O3/c1-12(2)22-11-14-4-3-5-15(9-14)18-17(21)19-16-7-6-13(8-16)10-20/h3-7,9,12-13,16,20H,8,10-11H2,1-2H3,(H2,18,19,21)/t13-,16+/m0/s1. The lowest BCUT2D eigenvalue weighted by atomic mass is 10.1. The van der Waals surface area contributed by atoms with Crippen LogP contribution in [0.3, 0.4) is 0 Å². The van der Waals surface area contributed by atoms with Gasteiger partial charge in [-0.3, -0.25) is 0 Å². The molecule has 3 N–H and O–H groups in total. The summed E-state index contributed by atoms with van der Waals surface area (Å²) in [4.78, 5) is 12.0. The van der Waals surface area contributed by atoms with E-state index in [9.17, 15) is 4.79 Å². The molecule has 1 aromatic rings. The van der Waals surface area contributed by atoms with E-state index < -0.39 is 0 Å². The number of hydrogen-bond donors (Lipinski definition) is 3. The molecule has 1 aliphatic rings. The van der Waals surface area contributed by atoms with E-state index in [1.807, 2.05) is 50.3 Å². The molecule has 0 radical (unpaired) electrons. The molecule has 1 aliphatic carbocycles. The van der Waals surface area contributed by atoms with Crippen LogP contribution < -0.4 is 10.6 Å². The van der Waals surface area contributed by atoms with Gasteiger partial charge in [0.2, 0.25) is 0 Å². The Morgan fingerprint density at radius 3 is 2.91 bits per heavy atom. The van der Waals surface area contributed by atoms with Crippen LogP contribution in [0.5, 0.6) is 0 Å². The summed E-state index contributed by atoms with van der Waals surface area (Å²) >= 11 is 0. The maximum Gasteiger partial charge on any atom is 0.319 e. The number of nitrogens with one attached hydrogen (secondary N) is 2. The zero-order chi connectivity index (χ0) is 15.9. The molecule has 22 heavy (non-hydrogen) atoms. The average molecular weight is 304 g/mol. The molecule has 0 heterocycles. The molecular weight excluding hydrogens is 280 g/mol. The highest BCUT2D eigenvalue weighted by molar-refractivity contribution is 5.89. The van der Waals surface area contributed by atoms with E-state index in [0.717, 1.165) is 17.7 Å². The van der Waals surface area contributed by atoms with Crippen molar-refractivity contribution in [1.29, 1.82) is 0 Å². The molecule has 0 saturated heterocycles. The van der Waals surface area contributed by atoms with Gasteiger partial charge in [0.05, 0.1) is 12.7 Å². The number of rotatable bonds is 6. The second-order valence-corrected chi connectivity index (χ2v) is 5.83. The third kappa shape index (κ3) is 5.16. The molecule has 1 aromatic carbocycles. The van der Waals surface area contributed by atoms with Crippen molar-refractivity contribution in [2.45, 2.75) is 39.0 Å². The first-order valence-electron chi connectivity index (χ1n) is 7.64. The van der Waals surface area contributed by atoms with Gasteiger partial charge in [-0.2, -0.15) is 0 Å². The van der Waals surface area contributed by atoms with Crippen molar-refractivity contribution in [2.24, 2.45) is 5.92 Å². The van der Waals surface area contributed by atoms with Crippen molar-refractivity contribution in [3.63, 3.8) is 0 Å². The van der Waals surface area contributed by atoms with Crippen LogP contribution in [0.15, 0.2) is 36.4 Å². The topological polar surface area (TPSA) is 70.6 Å². The Balaban J connectivity index is 1.84. The fourth-order valence-corrected chi connectivity index (χ4v) is 2.35. The highest BCUT2D eigenvalue weighted by Crippen LogP contribution is 2.17. The third-order valence-electron chi connectivity index (χ3n) is 3.49. The minimum absolute atomic E-state index is 0.0235. The van der Waals surface area contributed by atoms with E-state index in [2.05, 4.69) is 10.6 Å². The van der Waals surface area contributed by atoms with Gasteiger partial charge in [-0.1, -0.05) is 24.3 Å². The van der Waals surface area contributed by atoms with Crippen LogP contribution in [0.1, 0.15) is 25.8 Å². The first kappa shape index (κ1) is 16.5. The number of carbonyl (C=O) groups excluding carboxylic acids is 1. The number of anilines is 1. The van der Waals surface area contributed by atoms with E-state index in [4.69, 9.17) is 9.84 Å². The van der Waals surface area contributed by atoms with Gasteiger partial charge in [-0.05, 0) is 38.0 Å². The van der Waals surface area contributed by atoms with Crippen LogP contribution in [0, 0.1) is 5.92 Å². The molecule has 5 heteroatoms. The molecule has 120 valence electrons. The lowest BCUT2D eigenvalue weighted by molar-refractivity contribution is 0.0657. The second-order valence-electron chi connectivity index (χ2n) is 5.83. The lowest BCUT2D eigenvalue weighted by Gasteiger charge is -2.14. The maximum absolute atomic E-state index is 12.0.